The molecule has 4 aromatic rings. The van der Waals surface area contributed by atoms with Crippen molar-refractivity contribution < 1.29 is 19.0 Å². The first kappa shape index (κ1) is 17.5. The molecule has 0 aliphatic rings. The molecule has 134 valence electrons. The summed E-state index contributed by atoms with van der Waals surface area (Å²) >= 11 is 3.26. The summed E-state index contributed by atoms with van der Waals surface area (Å²) < 4.78 is 28.9. The molecule has 0 spiro atoms. The van der Waals surface area contributed by atoms with Gasteiger partial charge in [0.15, 0.2) is 0 Å². The first-order chi connectivity index (χ1) is 13.0. The molecular weight excluding hydrogens is 414 g/mol. The van der Waals surface area contributed by atoms with Gasteiger partial charge in [-0.25, -0.2) is 8.78 Å². The van der Waals surface area contributed by atoms with E-state index in [2.05, 4.69) is 15.9 Å². The third-order valence-electron chi connectivity index (χ3n) is 4.53. The highest BCUT2D eigenvalue weighted by atomic mass is 79.9. The van der Waals surface area contributed by atoms with Crippen LogP contribution in [-0.4, -0.2) is 10.2 Å². The summed E-state index contributed by atoms with van der Waals surface area (Å²) in [6.07, 6.45) is 0. The van der Waals surface area contributed by atoms with Crippen molar-refractivity contribution in [2.75, 3.05) is 0 Å². The van der Waals surface area contributed by atoms with Gasteiger partial charge in [-0.2, -0.15) is 0 Å². The van der Waals surface area contributed by atoms with Crippen LogP contribution in [0.1, 0.15) is 0 Å². The number of hydrogen-bond acceptors (Lipinski definition) is 2. The smallest absolute Gasteiger partial charge is 0.138 e. The minimum absolute atomic E-state index is 0.134. The van der Waals surface area contributed by atoms with Crippen LogP contribution in [-0.2, 0) is 0 Å². The van der Waals surface area contributed by atoms with Gasteiger partial charge in [-0.1, -0.05) is 42.5 Å². The maximum absolute atomic E-state index is 14.4. The number of phenols is 2. The quantitative estimate of drug-likeness (QED) is 0.377. The molecule has 0 unspecified atom stereocenters. The Bertz CT molecular complexity index is 1190. The van der Waals surface area contributed by atoms with Gasteiger partial charge in [-0.15, -0.1) is 0 Å². The van der Waals surface area contributed by atoms with E-state index in [0.717, 1.165) is 0 Å². The number of fused-ring (bicyclic) bond motifs is 1. The van der Waals surface area contributed by atoms with Crippen LogP contribution in [0.2, 0.25) is 0 Å². The van der Waals surface area contributed by atoms with Crippen molar-refractivity contribution in [3.8, 4) is 33.8 Å². The molecule has 0 saturated carbocycles. The molecule has 2 N–H and O–H groups in total. The molecule has 0 bridgehead atoms. The van der Waals surface area contributed by atoms with Gasteiger partial charge >= 0.3 is 0 Å². The SMILES string of the molecule is Oc1c(Br)cc2c(O)c(-c3ccccc3F)ccc2c1-c1ccccc1F. The molecule has 0 aliphatic heterocycles. The highest BCUT2D eigenvalue weighted by Gasteiger charge is 2.20. The van der Waals surface area contributed by atoms with Crippen molar-refractivity contribution in [3.05, 3.63) is 82.8 Å². The Morgan fingerprint density at radius 1 is 0.630 bits per heavy atom. The maximum atomic E-state index is 14.4. The third-order valence-corrected chi connectivity index (χ3v) is 5.13. The lowest BCUT2D eigenvalue weighted by atomic mass is 9.93. The van der Waals surface area contributed by atoms with Gasteiger partial charge < -0.3 is 10.2 Å². The summed E-state index contributed by atoms with van der Waals surface area (Å²) in [6.45, 7) is 0. The van der Waals surface area contributed by atoms with Gasteiger partial charge in [-0.3, -0.25) is 0 Å². The van der Waals surface area contributed by atoms with Crippen LogP contribution >= 0.6 is 15.9 Å². The zero-order valence-electron chi connectivity index (χ0n) is 13.9. The standard InChI is InChI=1S/C22H13BrF2O2/c23-17-11-16-13(20(22(17)27)15-6-2-4-8-19(15)25)9-10-14(21(16)26)12-5-1-3-7-18(12)24/h1-11,26-27H. The molecule has 4 aromatic carbocycles. The van der Waals surface area contributed by atoms with Crippen molar-refractivity contribution in [1.29, 1.82) is 0 Å². The van der Waals surface area contributed by atoms with Crippen LogP contribution in [0.3, 0.4) is 0 Å². The van der Waals surface area contributed by atoms with E-state index in [-0.39, 0.29) is 28.2 Å². The van der Waals surface area contributed by atoms with Crippen LogP contribution in [0.4, 0.5) is 8.78 Å². The van der Waals surface area contributed by atoms with E-state index in [0.29, 0.717) is 20.8 Å². The fourth-order valence-electron chi connectivity index (χ4n) is 3.25. The monoisotopic (exact) mass is 426 g/mol. The number of aromatic hydroxyl groups is 2. The topological polar surface area (TPSA) is 40.5 Å². The van der Waals surface area contributed by atoms with Gasteiger partial charge in [-0.05, 0) is 45.6 Å². The molecule has 0 atom stereocenters. The predicted octanol–water partition coefficient (Wildman–Crippen LogP) is 6.63. The summed E-state index contributed by atoms with van der Waals surface area (Å²) in [4.78, 5) is 0. The van der Waals surface area contributed by atoms with E-state index in [1.54, 1.807) is 48.5 Å². The van der Waals surface area contributed by atoms with Gasteiger partial charge in [0, 0.05) is 27.6 Å². The minimum atomic E-state index is -0.495. The summed E-state index contributed by atoms with van der Waals surface area (Å²) in [6, 6.07) is 17.0. The maximum Gasteiger partial charge on any atom is 0.138 e. The fraction of sp³-hybridized carbons (Fsp3) is 0. The van der Waals surface area contributed by atoms with E-state index < -0.39 is 11.6 Å². The Kier molecular flexibility index (Phi) is 4.32. The van der Waals surface area contributed by atoms with Crippen molar-refractivity contribution >= 4 is 26.7 Å². The molecule has 0 aliphatic carbocycles. The molecule has 0 aromatic heterocycles. The zero-order chi connectivity index (χ0) is 19.1. The second kappa shape index (κ2) is 6.67. The second-order valence-corrected chi connectivity index (χ2v) is 6.95. The van der Waals surface area contributed by atoms with Crippen molar-refractivity contribution in [1.82, 2.24) is 0 Å². The zero-order valence-corrected chi connectivity index (χ0v) is 15.5. The fourth-order valence-corrected chi connectivity index (χ4v) is 3.67. The molecular formula is C22H13BrF2O2. The summed E-state index contributed by atoms with van der Waals surface area (Å²) in [5.74, 6) is -1.23. The van der Waals surface area contributed by atoms with Gasteiger partial charge in [0.2, 0.25) is 0 Å². The number of rotatable bonds is 2. The Hall–Kier alpha value is -2.92. The highest BCUT2D eigenvalue weighted by molar-refractivity contribution is 9.10. The number of benzene rings is 4. The molecule has 2 nitrogen and oxygen atoms in total. The predicted molar refractivity (Wildman–Crippen MR) is 106 cm³/mol. The van der Waals surface area contributed by atoms with Crippen molar-refractivity contribution in [2.24, 2.45) is 0 Å². The number of hydrogen-bond donors (Lipinski definition) is 2. The van der Waals surface area contributed by atoms with Crippen LogP contribution < -0.4 is 0 Å². The molecule has 5 heteroatoms. The first-order valence-corrected chi connectivity index (χ1v) is 8.95. The lowest BCUT2D eigenvalue weighted by Gasteiger charge is -2.15. The van der Waals surface area contributed by atoms with Crippen molar-refractivity contribution in [2.45, 2.75) is 0 Å². The molecule has 0 fully saturated rings. The van der Waals surface area contributed by atoms with E-state index in [1.807, 2.05) is 0 Å². The third kappa shape index (κ3) is 2.84. The summed E-state index contributed by atoms with van der Waals surface area (Å²) in [5, 5.41) is 22.2. The molecule has 0 heterocycles. The van der Waals surface area contributed by atoms with E-state index in [9.17, 15) is 19.0 Å². The van der Waals surface area contributed by atoms with Crippen LogP contribution in [0.15, 0.2) is 71.2 Å². The van der Waals surface area contributed by atoms with Crippen LogP contribution in [0, 0.1) is 11.6 Å². The van der Waals surface area contributed by atoms with Gasteiger partial charge in [0.1, 0.15) is 23.1 Å². The first-order valence-electron chi connectivity index (χ1n) is 8.16. The van der Waals surface area contributed by atoms with Crippen LogP contribution in [0.5, 0.6) is 11.5 Å². The largest absolute Gasteiger partial charge is 0.507 e. The summed E-state index contributed by atoms with van der Waals surface area (Å²) in [7, 11) is 0. The Morgan fingerprint density at radius 3 is 1.85 bits per heavy atom. The Labute approximate surface area is 162 Å². The van der Waals surface area contributed by atoms with Crippen LogP contribution in [0.25, 0.3) is 33.0 Å². The van der Waals surface area contributed by atoms with E-state index >= 15 is 0 Å². The van der Waals surface area contributed by atoms with Crippen molar-refractivity contribution in [3.63, 3.8) is 0 Å². The number of halogens is 3. The lowest BCUT2D eigenvalue weighted by Crippen LogP contribution is -1.91. The molecule has 0 radical (unpaired) electrons. The minimum Gasteiger partial charge on any atom is -0.507 e. The number of phenolic OH excluding ortho intramolecular Hbond substituents is 2. The summed E-state index contributed by atoms with van der Waals surface area (Å²) in [5.41, 5.74) is 1.04. The Morgan fingerprint density at radius 2 is 1.22 bits per heavy atom. The normalized spacial score (nSPS) is 11.1. The average molecular weight is 427 g/mol. The Balaban J connectivity index is 2.08. The van der Waals surface area contributed by atoms with E-state index in [4.69, 9.17) is 0 Å². The van der Waals surface area contributed by atoms with E-state index in [1.165, 1.54) is 18.2 Å². The highest BCUT2D eigenvalue weighted by Crippen LogP contribution is 2.47. The molecule has 4 rings (SSSR count). The second-order valence-electron chi connectivity index (χ2n) is 6.10. The molecule has 27 heavy (non-hydrogen) atoms. The average Bonchev–Trinajstić information content (AvgIpc) is 2.66. The van der Waals surface area contributed by atoms with Gasteiger partial charge in [0.25, 0.3) is 0 Å². The van der Waals surface area contributed by atoms with Gasteiger partial charge in [0.05, 0.1) is 4.47 Å². The molecule has 0 saturated heterocycles. The molecule has 0 amide bonds. The lowest BCUT2D eigenvalue weighted by molar-refractivity contribution is 0.473.